The Bertz CT molecular complexity index is 556. The number of rotatable bonds is 5. The molecule has 0 aliphatic heterocycles. The fourth-order valence-corrected chi connectivity index (χ4v) is 2.59. The molecule has 2 rings (SSSR count). The molecule has 21 heavy (non-hydrogen) atoms. The van der Waals surface area contributed by atoms with Gasteiger partial charge < -0.3 is 15.3 Å². The normalized spacial score (nSPS) is 14.1. The van der Waals surface area contributed by atoms with E-state index in [0.29, 0.717) is 22.1 Å². The number of aromatic carboxylic acids is 1. The molecule has 1 aromatic carbocycles. The minimum Gasteiger partial charge on any atom is -0.478 e. The van der Waals surface area contributed by atoms with Crippen LogP contribution in [0.15, 0.2) is 22.7 Å². The van der Waals surface area contributed by atoms with E-state index in [0.717, 1.165) is 19.4 Å². The molecule has 5 nitrogen and oxygen atoms in total. The van der Waals surface area contributed by atoms with Crippen molar-refractivity contribution in [3.05, 3.63) is 28.2 Å². The summed E-state index contributed by atoms with van der Waals surface area (Å²) in [5, 5.41) is 11.8. The third-order valence-electron chi connectivity index (χ3n) is 3.27. The lowest BCUT2D eigenvalue weighted by atomic mass is 10.2. The standard InChI is InChI=1S/C15H19BrN2O3/c1-9(2)8-18(11-4-5-11)15(21)17-13-6-3-10(14(19)20)7-12(13)16/h3,6-7,9,11H,4-5,8H2,1-2H3,(H,17,21)(H,19,20). The summed E-state index contributed by atoms with van der Waals surface area (Å²) < 4.78 is 0.566. The van der Waals surface area contributed by atoms with Crippen molar-refractivity contribution < 1.29 is 14.7 Å². The lowest BCUT2D eigenvalue weighted by Gasteiger charge is -2.25. The number of carboxylic acid groups (broad SMARTS) is 1. The molecule has 2 N–H and O–H groups in total. The van der Waals surface area contributed by atoms with Crippen LogP contribution in [-0.4, -0.2) is 34.6 Å². The van der Waals surface area contributed by atoms with Gasteiger partial charge in [-0.25, -0.2) is 9.59 Å². The molecular weight excluding hydrogens is 336 g/mol. The number of hydrogen-bond acceptors (Lipinski definition) is 2. The average Bonchev–Trinajstić information content (AvgIpc) is 3.22. The number of carbonyl (C=O) groups excluding carboxylic acids is 1. The topological polar surface area (TPSA) is 69.6 Å². The van der Waals surface area contributed by atoms with Crippen LogP contribution in [0.4, 0.5) is 10.5 Å². The smallest absolute Gasteiger partial charge is 0.335 e. The van der Waals surface area contributed by atoms with Crippen LogP contribution < -0.4 is 5.32 Å². The van der Waals surface area contributed by atoms with E-state index in [-0.39, 0.29) is 11.6 Å². The van der Waals surface area contributed by atoms with E-state index < -0.39 is 5.97 Å². The Morgan fingerprint density at radius 3 is 2.57 bits per heavy atom. The van der Waals surface area contributed by atoms with E-state index in [1.54, 1.807) is 6.07 Å². The first-order chi connectivity index (χ1) is 9.88. The average molecular weight is 355 g/mol. The fraction of sp³-hybridized carbons (Fsp3) is 0.467. The van der Waals surface area contributed by atoms with Gasteiger partial charge in [0, 0.05) is 17.1 Å². The molecule has 0 saturated heterocycles. The Balaban J connectivity index is 2.09. The highest BCUT2D eigenvalue weighted by atomic mass is 79.9. The van der Waals surface area contributed by atoms with E-state index >= 15 is 0 Å². The number of urea groups is 1. The maximum Gasteiger partial charge on any atom is 0.335 e. The maximum absolute atomic E-state index is 12.4. The van der Waals surface area contributed by atoms with Crippen LogP contribution in [0.3, 0.4) is 0 Å². The number of anilines is 1. The van der Waals surface area contributed by atoms with E-state index in [4.69, 9.17) is 5.11 Å². The van der Waals surface area contributed by atoms with Crippen molar-refractivity contribution in [1.82, 2.24) is 4.90 Å². The van der Waals surface area contributed by atoms with Crippen LogP contribution in [0.1, 0.15) is 37.0 Å². The van der Waals surface area contributed by atoms with Gasteiger partial charge >= 0.3 is 12.0 Å². The Hall–Kier alpha value is -1.56. The molecule has 1 aliphatic carbocycles. The summed E-state index contributed by atoms with van der Waals surface area (Å²) in [6.07, 6.45) is 2.11. The second-order valence-electron chi connectivity index (χ2n) is 5.71. The van der Waals surface area contributed by atoms with E-state index in [9.17, 15) is 9.59 Å². The lowest BCUT2D eigenvalue weighted by molar-refractivity contribution is 0.0697. The molecular formula is C15H19BrN2O3. The molecule has 114 valence electrons. The molecule has 1 aromatic rings. The first-order valence-electron chi connectivity index (χ1n) is 6.99. The number of nitrogens with zero attached hydrogens (tertiary/aromatic N) is 1. The number of amides is 2. The van der Waals surface area contributed by atoms with Gasteiger partial charge in [-0.05, 0) is 52.9 Å². The molecule has 1 aliphatic rings. The minimum absolute atomic E-state index is 0.130. The Kier molecular flexibility index (Phi) is 4.88. The van der Waals surface area contributed by atoms with E-state index in [1.165, 1.54) is 12.1 Å². The number of halogens is 1. The zero-order valence-corrected chi connectivity index (χ0v) is 13.7. The minimum atomic E-state index is -0.993. The molecule has 2 amide bonds. The third-order valence-corrected chi connectivity index (χ3v) is 3.92. The number of nitrogens with one attached hydrogen (secondary N) is 1. The molecule has 0 heterocycles. The molecule has 1 fully saturated rings. The van der Waals surface area contributed by atoms with Crippen LogP contribution in [0.2, 0.25) is 0 Å². The fourth-order valence-electron chi connectivity index (χ4n) is 2.11. The molecule has 0 unspecified atom stereocenters. The first kappa shape index (κ1) is 15.8. The largest absolute Gasteiger partial charge is 0.478 e. The molecule has 0 radical (unpaired) electrons. The van der Waals surface area contributed by atoms with Crippen molar-refractivity contribution in [2.24, 2.45) is 5.92 Å². The molecule has 0 spiro atoms. The summed E-state index contributed by atoms with van der Waals surface area (Å²) in [4.78, 5) is 25.1. The predicted octanol–water partition coefficient (Wildman–Crippen LogP) is 3.80. The van der Waals surface area contributed by atoms with Gasteiger partial charge in [0.1, 0.15) is 0 Å². The quantitative estimate of drug-likeness (QED) is 0.844. The molecule has 1 saturated carbocycles. The molecule has 0 aromatic heterocycles. The number of benzene rings is 1. The van der Waals surface area contributed by atoms with Gasteiger partial charge in [-0.3, -0.25) is 0 Å². The zero-order valence-electron chi connectivity index (χ0n) is 12.1. The molecule has 6 heteroatoms. The number of carboxylic acids is 1. The van der Waals surface area contributed by atoms with Gasteiger partial charge in [-0.15, -0.1) is 0 Å². The lowest BCUT2D eigenvalue weighted by Crippen LogP contribution is -2.39. The summed E-state index contributed by atoms with van der Waals surface area (Å²) in [5.41, 5.74) is 0.764. The summed E-state index contributed by atoms with van der Waals surface area (Å²) in [6.45, 7) is 4.89. The van der Waals surface area contributed by atoms with Gasteiger partial charge in [0.25, 0.3) is 0 Å². The van der Waals surface area contributed by atoms with E-state index in [1.807, 2.05) is 4.90 Å². The van der Waals surface area contributed by atoms with Crippen LogP contribution in [-0.2, 0) is 0 Å². The summed E-state index contributed by atoms with van der Waals surface area (Å²) >= 11 is 3.30. The van der Waals surface area contributed by atoms with Gasteiger partial charge in [-0.1, -0.05) is 13.8 Å². The SMILES string of the molecule is CC(C)CN(C(=O)Nc1ccc(C(=O)O)cc1Br)C1CC1. The molecule has 0 atom stereocenters. The summed E-state index contributed by atoms with van der Waals surface area (Å²) in [6, 6.07) is 4.78. The zero-order chi connectivity index (χ0) is 15.6. The van der Waals surface area contributed by atoms with Crippen molar-refractivity contribution in [1.29, 1.82) is 0 Å². The van der Waals surface area contributed by atoms with Crippen molar-refractivity contribution in [3.63, 3.8) is 0 Å². The van der Waals surface area contributed by atoms with Crippen molar-refractivity contribution >= 4 is 33.6 Å². The highest BCUT2D eigenvalue weighted by Gasteiger charge is 2.33. The van der Waals surface area contributed by atoms with Crippen molar-refractivity contribution in [2.75, 3.05) is 11.9 Å². The van der Waals surface area contributed by atoms with Gasteiger partial charge in [0.05, 0.1) is 11.3 Å². The van der Waals surface area contributed by atoms with Crippen molar-refractivity contribution in [2.45, 2.75) is 32.7 Å². The number of carbonyl (C=O) groups is 2. The second-order valence-corrected chi connectivity index (χ2v) is 6.56. The van der Waals surface area contributed by atoms with Crippen LogP contribution in [0.25, 0.3) is 0 Å². The predicted molar refractivity (Wildman–Crippen MR) is 84.7 cm³/mol. The highest BCUT2D eigenvalue weighted by Crippen LogP contribution is 2.29. The maximum atomic E-state index is 12.4. The summed E-state index contributed by atoms with van der Waals surface area (Å²) in [7, 11) is 0. The first-order valence-corrected chi connectivity index (χ1v) is 7.78. The van der Waals surface area contributed by atoms with Crippen molar-refractivity contribution in [3.8, 4) is 0 Å². The van der Waals surface area contributed by atoms with Gasteiger partial charge in [0.15, 0.2) is 0 Å². The van der Waals surface area contributed by atoms with Crippen LogP contribution in [0.5, 0.6) is 0 Å². The number of hydrogen-bond donors (Lipinski definition) is 2. The van der Waals surface area contributed by atoms with Gasteiger partial charge in [-0.2, -0.15) is 0 Å². The Morgan fingerprint density at radius 2 is 2.10 bits per heavy atom. The second kappa shape index (κ2) is 6.47. The Labute approximate surface area is 132 Å². The van der Waals surface area contributed by atoms with Crippen LogP contribution in [0, 0.1) is 5.92 Å². The third kappa shape index (κ3) is 4.20. The Morgan fingerprint density at radius 1 is 1.43 bits per heavy atom. The van der Waals surface area contributed by atoms with E-state index in [2.05, 4.69) is 35.1 Å². The van der Waals surface area contributed by atoms with Crippen LogP contribution >= 0.6 is 15.9 Å². The van der Waals surface area contributed by atoms with Gasteiger partial charge in [0.2, 0.25) is 0 Å². The summed E-state index contributed by atoms with van der Waals surface area (Å²) in [5.74, 6) is -0.581. The highest BCUT2D eigenvalue weighted by molar-refractivity contribution is 9.10. The monoisotopic (exact) mass is 354 g/mol. The molecule has 0 bridgehead atoms.